The van der Waals surface area contributed by atoms with Crippen LogP contribution in [0.4, 0.5) is 0 Å². The molecule has 2 aromatic rings. The van der Waals surface area contributed by atoms with Gasteiger partial charge in [-0.25, -0.2) is 0 Å². The van der Waals surface area contributed by atoms with Gasteiger partial charge in [0.2, 0.25) is 11.8 Å². The number of para-hydroxylation sites is 1. The van der Waals surface area contributed by atoms with Crippen LogP contribution in [0, 0.1) is 0 Å². The molecule has 0 bridgehead atoms. The quantitative estimate of drug-likeness (QED) is 0.900. The van der Waals surface area contributed by atoms with Crippen LogP contribution in [0.2, 0.25) is 0 Å². The molecule has 104 valence electrons. The maximum absolute atomic E-state index is 5.78. The van der Waals surface area contributed by atoms with Crippen molar-refractivity contribution < 1.29 is 9.15 Å². The van der Waals surface area contributed by atoms with Gasteiger partial charge in [0.25, 0.3) is 0 Å². The number of aromatic nitrogens is 2. The van der Waals surface area contributed by atoms with Crippen molar-refractivity contribution in [3.8, 4) is 5.75 Å². The van der Waals surface area contributed by atoms with Gasteiger partial charge in [-0.05, 0) is 18.9 Å². The second-order valence-electron chi connectivity index (χ2n) is 5.41. The third-order valence-corrected chi connectivity index (χ3v) is 3.83. The van der Waals surface area contributed by atoms with Crippen molar-refractivity contribution in [3.05, 3.63) is 41.6 Å². The van der Waals surface area contributed by atoms with E-state index in [1.165, 1.54) is 12.8 Å². The first-order chi connectivity index (χ1) is 9.90. The van der Waals surface area contributed by atoms with Gasteiger partial charge in [-0.15, -0.1) is 10.2 Å². The molecule has 1 saturated carbocycles. The van der Waals surface area contributed by atoms with E-state index in [1.54, 1.807) is 0 Å². The smallest absolute Gasteiger partial charge is 0.227 e. The van der Waals surface area contributed by atoms with Crippen LogP contribution < -0.4 is 10.1 Å². The lowest BCUT2D eigenvalue weighted by atomic mass is 10.0. The average Bonchev–Trinajstić information content (AvgIpc) is 3.01. The van der Waals surface area contributed by atoms with Gasteiger partial charge >= 0.3 is 0 Å². The van der Waals surface area contributed by atoms with Crippen molar-refractivity contribution in [3.63, 3.8) is 0 Å². The number of fused-ring (bicyclic) bond motifs is 1. The molecule has 1 atom stereocenters. The maximum atomic E-state index is 5.78. The Balaban J connectivity index is 1.45. The molecule has 2 heterocycles. The molecule has 0 amide bonds. The molecule has 1 aromatic heterocycles. The summed E-state index contributed by atoms with van der Waals surface area (Å²) in [4.78, 5) is 0. The number of nitrogens with zero attached hydrogens (tertiary/aromatic N) is 2. The molecule has 20 heavy (non-hydrogen) atoms. The first-order valence-corrected chi connectivity index (χ1v) is 7.17. The predicted octanol–water partition coefficient (Wildman–Crippen LogP) is 1.89. The van der Waals surface area contributed by atoms with E-state index in [0.29, 0.717) is 24.4 Å². The zero-order valence-corrected chi connectivity index (χ0v) is 11.2. The molecule has 1 N–H and O–H groups in total. The number of rotatable bonds is 5. The third kappa shape index (κ3) is 2.29. The molecular weight excluding hydrogens is 254 g/mol. The van der Waals surface area contributed by atoms with E-state index >= 15 is 0 Å². The van der Waals surface area contributed by atoms with Crippen LogP contribution in [0.1, 0.15) is 36.1 Å². The van der Waals surface area contributed by atoms with Gasteiger partial charge in [0.1, 0.15) is 12.4 Å². The minimum absolute atomic E-state index is 0.0730. The number of nitrogens with one attached hydrogen (secondary N) is 1. The Morgan fingerprint density at radius 3 is 3.00 bits per heavy atom. The zero-order chi connectivity index (χ0) is 13.4. The van der Waals surface area contributed by atoms with E-state index in [9.17, 15) is 0 Å². The standard InChI is InChI=1S/C15H17N3O2/c1-2-4-13-11(3-1)12(9-19-13)15-18-17-14(20-15)7-8-16-10-5-6-10/h1-4,10,12,16H,5-9H2. The van der Waals surface area contributed by atoms with Crippen LogP contribution in [0.5, 0.6) is 5.75 Å². The Kier molecular flexibility index (Phi) is 2.92. The topological polar surface area (TPSA) is 60.2 Å². The maximum Gasteiger partial charge on any atom is 0.227 e. The van der Waals surface area contributed by atoms with Crippen molar-refractivity contribution in [2.24, 2.45) is 0 Å². The van der Waals surface area contributed by atoms with Crippen LogP contribution in [0.3, 0.4) is 0 Å². The van der Waals surface area contributed by atoms with Gasteiger partial charge < -0.3 is 14.5 Å². The minimum atomic E-state index is 0.0730. The Morgan fingerprint density at radius 1 is 1.20 bits per heavy atom. The van der Waals surface area contributed by atoms with Crippen molar-refractivity contribution in [1.29, 1.82) is 0 Å². The van der Waals surface area contributed by atoms with E-state index in [2.05, 4.69) is 21.6 Å². The number of ether oxygens (including phenoxy) is 1. The molecule has 1 fully saturated rings. The lowest BCUT2D eigenvalue weighted by molar-refractivity contribution is 0.320. The second kappa shape index (κ2) is 4.90. The molecule has 2 aliphatic rings. The van der Waals surface area contributed by atoms with Crippen LogP contribution in [-0.2, 0) is 6.42 Å². The van der Waals surface area contributed by atoms with Crippen molar-refractivity contribution in [2.45, 2.75) is 31.2 Å². The molecule has 4 rings (SSSR count). The van der Waals surface area contributed by atoms with Gasteiger partial charge in [0.05, 0.1) is 5.92 Å². The van der Waals surface area contributed by atoms with Crippen molar-refractivity contribution >= 4 is 0 Å². The molecule has 1 unspecified atom stereocenters. The highest BCUT2D eigenvalue weighted by Crippen LogP contribution is 2.37. The average molecular weight is 271 g/mol. The van der Waals surface area contributed by atoms with Crippen LogP contribution in [0.25, 0.3) is 0 Å². The molecule has 5 heteroatoms. The highest BCUT2D eigenvalue weighted by molar-refractivity contribution is 5.42. The van der Waals surface area contributed by atoms with E-state index in [1.807, 2.05) is 18.2 Å². The lowest BCUT2D eigenvalue weighted by Gasteiger charge is -2.02. The van der Waals surface area contributed by atoms with Gasteiger partial charge in [0, 0.05) is 24.6 Å². The van der Waals surface area contributed by atoms with Crippen LogP contribution in [-0.4, -0.2) is 29.4 Å². The Labute approximate surface area is 117 Å². The fraction of sp³-hybridized carbons (Fsp3) is 0.467. The van der Waals surface area contributed by atoms with Crippen molar-refractivity contribution in [2.75, 3.05) is 13.2 Å². The summed E-state index contributed by atoms with van der Waals surface area (Å²) in [7, 11) is 0. The fourth-order valence-electron chi connectivity index (χ4n) is 2.55. The Morgan fingerprint density at radius 2 is 2.10 bits per heavy atom. The molecular formula is C15H17N3O2. The molecule has 1 aliphatic heterocycles. The number of benzene rings is 1. The highest BCUT2D eigenvalue weighted by atomic mass is 16.5. The summed E-state index contributed by atoms with van der Waals surface area (Å²) in [6.45, 7) is 1.49. The van der Waals surface area contributed by atoms with E-state index in [-0.39, 0.29) is 5.92 Å². The fourth-order valence-corrected chi connectivity index (χ4v) is 2.55. The summed E-state index contributed by atoms with van der Waals surface area (Å²) in [6.07, 6.45) is 3.38. The summed E-state index contributed by atoms with van der Waals surface area (Å²) in [5.41, 5.74) is 1.14. The number of hydrogen-bond donors (Lipinski definition) is 1. The molecule has 1 aliphatic carbocycles. The van der Waals surface area contributed by atoms with Crippen molar-refractivity contribution in [1.82, 2.24) is 15.5 Å². The molecule has 0 radical (unpaired) electrons. The van der Waals surface area contributed by atoms with Crippen LogP contribution in [0.15, 0.2) is 28.7 Å². The van der Waals surface area contributed by atoms with E-state index in [4.69, 9.17) is 9.15 Å². The first-order valence-electron chi connectivity index (χ1n) is 7.17. The van der Waals surface area contributed by atoms with Gasteiger partial charge in [-0.1, -0.05) is 18.2 Å². The minimum Gasteiger partial charge on any atom is -0.492 e. The lowest BCUT2D eigenvalue weighted by Crippen LogP contribution is -2.19. The summed E-state index contributed by atoms with van der Waals surface area (Å²) in [5, 5.41) is 11.8. The van der Waals surface area contributed by atoms with E-state index < -0.39 is 0 Å². The summed E-state index contributed by atoms with van der Waals surface area (Å²) in [5.74, 6) is 2.37. The first kappa shape index (κ1) is 11.9. The van der Waals surface area contributed by atoms with E-state index in [0.717, 1.165) is 24.3 Å². The molecule has 0 saturated heterocycles. The number of hydrogen-bond acceptors (Lipinski definition) is 5. The summed E-state index contributed by atoms with van der Waals surface area (Å²) in [6, 6.07) is 8.74. The Hall–Kier alpha value is -1.88. The highest BCUT2D eigenvalue weighted by Gasteiger charge is 2.29. The molecule has 5 nitrogen and oxygen atoms in total. The zero-order valence-electron chi connectivity index (χ0n) is 11.2. The second-order valence-corrected chi connectivity index (χ2v) is 5.41. The summed E-state index contributed by atoms with van der Waals surface area (Å²) >= 11 is 0. The Bertz CT molecular complexity index is 607. The third-order valence-electron chi connectivity index (χ3n) is 3.83. The molecule has 1 aromatic carbocycles. The van der Waals surface area contributed by atoms with Crippen LogP contribution >= 0.6 is 0 Å². The summed E-state index contributed by atoms with van der Waals surface area (Å²) < 4.78 is 11.4. The predicted molar refractivity (Wildman–Crippen MR) is 72.8 cm³/mol. The molecule has 0 spiro atoms. The van der Waals surface area contributed by atoms with Gasteiger partial charge in [0.15, 0.2) is 0 Å². The van der Waals surface area contributed by atoms with Gasteiger partial charge in [-0.3, -0.25) is 0 Å². The van der Waals surface area contributed by atoms with Gasteiger partial charge in [-0.2, -0.15) is 0 Å². The normalized spacial score (nSPS) is 20.7. The SMILES string of the molecule is c1ccc2c(c1)OCC2c1nnc(CCNC2CC2)o1. The monoisotopic (exact) mass is 271 g/mol. The largest absolute Gasteiger partial charge is 0.492 e.